The van der Waals surface area contributed by atoms with E-state index >= 15 is 0 Å². The van der Waals surface area contributed by atoms with Crippen LogP contribution in [0.5, 0.6) is 5.75 Å². The van der Waals surface area contributed by atoms with Crippen LogP contribution in [0.3, 0.4) is 0 Å². The van der Waals surface area contributed by atoms with Gasteiger partial charge in [0.05, 0.1) is 0 Å². The summed E-state index contributed by atoms with van der Waals surface area (Å²) in [6.45, 7) is 0.326. The van der Waals surface area contributed by atoms with Gasteiger partial charge in [-0.3, -0.25) is 0 Å². The van der Waals surface area contributed by atoms with Gasteiger partial charge in [-0.25, -0.2) is 4.79 Å². The highest BCUT2D eigenvalue weighted by molar-refractivity contribution is 7.98. The van der Waals surface area contributed by atoms with Crippen LogP contribution in [0.2, 0.25) is 0 Å². The van der Waals surface area contributed by atoms with Gasteiger partial charge in [0.25, 0.3) is 0 Å². The molecule has 0 heterocycles. The fraction of sp³-hybridized carbons (Fsp3) is 0.118. The number of hydrogen-bond acceptors (Lipinski definition) is 3. The van der Waals surface area contributed by atoms with Gasteiger partial charge in [-0.15, -0.1) is 11.8 Å². The molecule has 0 radical (unpaired) electrons. The van der Waals surface area contributed by atoms with E-state index in [4.69, 9.17) is 4.74 Å². The predicted molar refractivity (Wildman–Crippen MR) is 86.2 cm³/mol. The number of carbonyl (C=O) groups is 1. The van der Waals surface area contributed by atoms with E-state index in [1.54, 1.807) is 18.2 Å². The van der Waals surface area contributed by atoms with Gasteiger partial charge in [-0.2, -0.15) is 0 Å². The maximum atomic E-state index is 11.3. The summed E-state index contributed by atoms with van der Waals surface area (Å²) in [4.78, 5) is 12.0. The van der Waals surface area contributed by atoms with Crippen molar-refractivity contribution in [2.75, 3.05) is 12.9 Å². The van der Waals surface area contributed by atoms with Crippen molar-refractivity contribution < 1.29 is 14.6 Å². The Morgan fingerprint density at radius 3 is 2.62 bits per heavy atom. The second-order valence-corrected chi connectivity index (χ2v) is 5.11. The fourth-order valence-corrected chi connectivity index (χ4v) is 2.51. The van der Waals surface area contributed by atoms with E-state index in [1.165, 1.54) is 11.8 Å². The Bertz CT molecular complexity index is 636. The normalized spacial score (nSPS) is 10.7. The van der Waals surface area contributed by atoms with E-state index in [2.05, 4.69) is 0 Å². The monoisotopic (exact) mass is 300 g/mol. The maximum Gasteiger partial charge on any atom is 0.340 e. The zero-order chi connectivity index (χ0) is 15.1. The second-order valence-electron chi connectivity index (χ2n) is 4.26. The maximum absolute atomic E-state index is 11.3. The van der Waals surface area contributed by atoms with Crippen LogP contribution in [-0.2, 0) is 0 Å². The zero-order valence-electron chi connectivity index (χ0n) is 11.7. The fourth-order valence-electron chi connectivity index (χ4n) is 1.90. The molecule has 0 fully saturated rings. The van der Waals surface area contributed by atoms with Crippen molar-refractivity contribution in [1.29, 1.82) is 0 Å². The molecule has 0 aliphatic heterocycles. The second kappa shape index (κ2) is 7.55. The van der Waals surface area contributed by atoms with Crippen LogP contribution >= 0.6 is 11.8 Å². The lowest BCUT2D eigenvalue weighted by Gasteiger charge is -2.10. The molecule has 0 aromatic heterocycles. The highest BCUT2D eigenvalue weighted by Crippen LogP contribution is 2.28. The van der Waals surface area contributed by atoms with E-state index in [0.717, 1.165) is 5.56 Å². The SMILES string of the molecule is CSc1cccc(OC/C=C/c2ccccc2)c1C(=O)O. The standard InChI is InChI=1S/C17H16O3S/c1-21-15-11-5-10-14(16(15)17(18)19)20-12-6-9-13-7-3-2-4-8-13/h2-11H,12H2,1H3,(H,18,19)/b9-6+. The van der Waals surface area contributed by atoms with Gasteiger partial charge in [-0.1, -0.05) is 42.5 Å². The molecular weight excluding hydrogens is 284 g/mol. The van der Waals surface area contributed by atoms with E-state index in [1.807, 2.05) is 48.7 Å². The van der Waals surface area contributed by atoms with Crippen LogP contribution in [0, 0.1) is 0 Å². The zero-order valence-corrected chi connectivity index (χ0v) is 12.5. The lowest BCUT2D eigenvalue weighted by molar-refractivity contribution is 0.0689. The number of benzene rings is 2. The Kier molecular flexibility index (Phi) is 5.46. The summed E-state index contributed by atoms with van der Waals surface area (Å²) >= 11 is 1.40. The number of hydrogen-bond donors (Lipinski definition) is 1. The summed E-state index contributed by atoms with van der Waals surface area (Å²) in [5.41, 5.74) is 1.30. The average Bonchev–Trinajstić information content (AvgIpc) is 2.52. The van der Waals surface area contributed by atoms with Crippen molar-refractivity contribution in [2.45, 2.75) is 4.90 Å². The molecule has 108 valence electrons. The lowest BCUT2D eigenvalue weighted by Crippen LogP contribution is -2.04. The topological polar surface area (TPSA) is 46.5 Å². The van der Waals surface area contributed by atoms with Gasteiger partial charge in [0, 0.05) is 4.90 Å². The third-order valence-corrected chi connectivity index (χ3v) is 3.65. The molecule has 0 aliphatic rings. The summed E-state index contributed by atoms with van der Waals surface area (Å²) in [7, 11) is 0. The summed E-state index contributed by atoms with van der Waals surface area (Å²) in [6, 6.07) is 15.1. The van der Waals surface area contributed by atoms with Crippen LogP contribution in [-0.4, -0.2) is 23.9 Å². The predicted octanol–water partition coefficient (Wildman–Crippen LogP) is 4.20. The Balaban J connectivity index is 2.07. The molecule has 1 N–H and O–H groups in total. The molecule has 0 atom stereocenters. The first-order valence-electron chi connectivity index (χ1n) is 6.47. The molecule has 4 heteroatoms. The number of rotatable bonds is 6. The van der Waals surface area contributed by atoms with Gasteiger partial charge < -0.3 is 9.84 Å². The number of thioether (sulfide) groups is 1. The molecule has 0 saturated carbocycles. The van der Waals surface area contributed by atoms with Crippen molar-refractivity contribution in [3.05, 3.63) is 65.7 Å². The Labute approximate surface area is 128 Å². The quantitative estimate of drug-likeness (QED) is 0.812. The van der Waals surface area contributed by atoms with Gasteiger partial charge in [0.2, 0.25) is 0 Å². The molecule has 0 bridgehead atoms. The van der Waals surface area contributed by atoms with Crippen LogP contribution in [0.25, 0.3) is 6.08 Å². The lowest BCUT2D eigenvalue weighted by atomic mass is 10.2. The van der Waals surface area contributed by atoms with E-state index < -0.39 is 5.97 Å². The molecule has 0 amide bonds. The van der Waals surface area contributed by atoms with Crippen LogP contribution in [0.1, 0.15) is 15.9 Å². The Morgan fingerprint density at radius 1 is 1.19 bits per heavy atom. The van der Waals surface area contributed by atoms with Gasteiger partial charge in [-0.05, 0) is 30.0 Å². The third-order valence-electron chi connectivity index (χ3n) is 2.87. The molecular formula is C17H16O3S. The first-order chi connectivity index (χ1) is 10.2. The van der Waals surface area contributed by atoms with Crippen LogP contribution < -0.4 is 4.74 Å². The first-order valence-corrected chi connectivity index (χ1v) is 7.69. The van der Waals surface area contributed by atoms with Crippen LogP contribution in [0.4, 0.5) is 0 Å². The van der Waals surface area contributed by atoms with Crippen molar-refractivity contribution in [1.82, 2.24) is 0 Å². The Hall–Kier alpha value is -2.20. The minimum absolute atomic E-state index is 0.220. The van der Waals surface area contributed by atoms with Crippen molar-refractivity contribution >= 4 is 23.8 Å². The highest BCUT2D eigenvalue weighted by Gasteiger charge is 2.15. The molecule has 2 aromatic rings. The molecule has 3 nitrogen and oxygen atoms in total. The minimum Gasteiger partial charge on any atom is -0.489 e. The molecule has 0 unspecified atom stereocenters. The molecule has 0 aliphatic carbocycles. The summed E-state index contributed by atoms with van der Waals surface area (Å²) < 4.78 is 5.58. The van der Waals surface area contributed by atoms with E-state index in [9.17, 15) is 9.90 Å². The van der Waals surface area contributed by atoms with Gasteiger partial charge in [0.1, 0.15) is 17.9 Å². The van der Waals surface area contributed by atoms with Gasteiger partial charge in [0.15, 0.2) is 0 Å². The van der Waals surface area contributed by atoms with Crippen molar-refractivity contribution in [2.24, 2.45) is 0 Å². The van der Waals surface area contributed by atoms with Crippen molar-refractivity contribution in [3.8, 4) is 5.75 Å². The molecule has 0 spiro atoms. The number of ether oxygens (including phenoxy) is 1. The summed E-state index contributed by atoms with van der Waals surface area (Å²) in [6.07, 6.45) is 5.66. The third kappa shape index (κ3) is 4.13. The number of aromatic carboxylic acids is 1. The Morgan fingerprint density at radius 2 is 1.95 bits per heavy atom. The van der Waals surface area contributed by atoms with E-state index in [0.29, 0.717) is 17.3 Å². The average molecular weight is 300 g/mol. The molecule has 2 aromatic carbocycles. The molecule has 0 saturated heterocycles. The molecule has 21 heavy (non-hydrogen) atoms. The van der Waals surface area contributed by atoms with Gasteiger partial charge >= 0.3 is 5.97 Å². The largest absolute Gasteiger partial charge is 0.489 e. The highest BCUT2D eigenvalue weighted by atomic mass is 32.2. The van der Waals surface area contributed by atoms with Crippen molar-refractivity contribution in [3.63, 3.8) is 0 Å². The summed E-state index contributed by atoms with van der Waals surface area (Å²) in [5.74, 6) is -0.575. The van der Waals surface area contributed by atoms with Crippen LogP contribution in [0.15, 0.2) is 59.5 Å². The number of carboxylic acids is 1. The smallest absolute Gasteiger partial charge is 0.340 e. The first kappa shape index (κ1) is 15.2. The molecule has 2 rings (SSSR count). The summed E-state index contributed by atoms with van der Waals surface area (Å²) in [5, 5.41) is 9.30. The minimum atomic E-state index is -0.970. The van der Waals surface area contributed by atoms with E-state index in [-0.39, 0.29) is 5.56 Å². The number of carboxylic acid groups (broad SMARTS) is 1.